The molecule has 0 aliphatic rings. The zero-order valence-electron chi connectivity index (χ0n) is 7.90. The van der Waals surface area contributed by atoms with Crippen LogP contribution in [0.2, 0.25) is 5.02 Å². The Hall–Kier alpha value is -0.0600. The van der Waals surface area contributed by atoms with Gasteiger partial charge in [0.25, 0.3) is 5.91 Å². The Bertz CT molecular complexity index is 337. The molecule has 0 radical (unpaired) electrons. The first kappa shape index (κ1) is 13.0. The summed E-state index contributed by atoms with van der Waals surface area (Å²) in [4.78, 5) is 11.6. The first-order chi connectivity index (χ1) is 7.13. The normalized spacial score (nSPS) is 10.1. The summed E-state index contributed by atoms with van der Waals surface area (Å²) in [5.74, 6) is -0.0980. The number of halogens is 3. The monoisotopic (exact) mass is 353 g/mol. The predicted molar refractivity (Wildman–Crippen MR) is 69.9 cm³/mol. The number of rotatable bonds is 4. The molecule has 1 rings (SSSR count). The van der Waals surface area contributed by atoms with Gasteiger partial charge in [0.1, 0.15) is 0 Å². The number of benzene rings is 1. The molecule has 0 spiro atoms. The van der Waals surface area contributed by atoms with Crippen LogP contribution in [-0.2, 0) is 0 Å². The van der Waals surface area contributed by atoms with Gasteiger partial charge in [0.15, 0.2) is 0 Å². The van der Waals surface area contributed by atoms with E-state index in [1.165, 1.54) is 0 Å². The summed E-state index contributed by atoms with van der Waals surface area (Å²) in [6, 6.07) is 5.14. The van der Waals surface area contributed by atoms with Gasteiger partial charge in [-0.1, -0.05) is 43.5 Å². The summed E-state index contributed by atoms with van der Waals surface area (Å²) in [7, 11) is 0. The van der Waals surface area contributed by atoms with Crippen LogP contribution in [0, 0.1) is 0 Å². The van der Waals surface area contributed by atoms with Crippen molar-refractivity contribution in [1.82, 2.24) is 5.32 Å². The van der Waals surface area contributed by atoms with E-state index < -0.39 is 0 Å². The average molecular weight is 355 g/mol. The lowest BCUT2D eigenvalue weighted by Crippen LogP contribution is -2.24. The summed E-state index contributed by atoms with van der Waals surface area (Å²) >= 11 is 12.4. The van der Waals surface area contributed by atoms with Crippen LogP contribution in [0.4, 0.5) is 0 Å². The summed E-state index contributed by atoms with van der Waals surface area (Å²) in [5, 5.41) is 4.24. The summed E-state index contributed by atoms with van der Waals surface area (Å²) in [6.07, 6.45) is 0.910. The molecule has 0 unspecified atom stereocenters. The SMILES string of the molecule is O=C(NCCCBr)c1cc(Cl)cc(Br)c1. The van der Waals surface area contributed by atoms with Gasteiger partial charge < -0.3 is 5.32 Å². The van der Waals surface area contributed by atoms with Gasteiger partial charge in [-0.3, -0.25) is 4.79 Å². The van der Waals surface area contributed by atoms with E-state index in [4.69, 9.17) is 11.6 Å². The van der Waals surface area contributed by atoms with Crippen LogP contribution in [-0.4, -0.2) is 17.8 Å². The summed E-state index contributed by atoms with van der Waals surface area (Å²) in [6.45, 7) is 0.661. The minimum Gasteiger partial charge on any atom is -0.352 e. The molecular weight excluding hydrogens is 345 g/mol. The average Bonchev–Trinajstić information content (AvgIpc) is 2.16. The lowest BCUT2D eigenvalue weighted by Gasteiger charge is -2.04. The van der Waals surface area contributed by atoms with E-state index in [0.717, 1.165) is 16.2 Å². The van der Waals surface area contributed by atoms with Gasteiger partial charge in [0.05, 0.1) is 0 Å². The number of hydrogen-bond acceptors (Lipinski definition) is 1. The van der Waals surface area contributed by atoms with Crippen molar-refractivity contribution in [3.63, 3.8) is 0 Å². The van der Waals surface area contributed by atoms with Gasteiger partial charge >= 0.3 is 0 Å². The molecule has 0 bridgehead atoms. The highest BCUT2D eigenvalue weighted by Crippen LogP contribution is 2.19. The molecule has 0 aromatic heterocycles. The highest BCUT2D eigenvalue weighted by Gasteiger charge is 2.06. The highest BCUT2D eigenvalue weighted by molar-refractivity contribution is 9.10. The largest absolute Gasteiger partial charge is 0.352 e. The molecule has 0 saturated carbocycles. The van der Waals surface area contributed by atoms with E-state index in [1.807, 2.05) is 0 Å². The molecule has 0 heterocycles. The standard InChI is InChI=1S/C10H10Br2ClNO/c11-2-1-3-14-10(15)7-4-8(12)6-9(13)5-7/h4-6H,1-3H2,(H,14,15). The van der Waals surface area contributed by atoms with Gasteiger partial charge in [-0.15, -0.1) is 0 Å². The zero-order valence-corrected chi connectivity index (χ0v) is 11.8. The number of alkyl halides is 1. The third-order valence-electron chi connectivity index (χ3n) is 1.72. The number of hydrogen-bond donors (Lipinski definition) is 1. The zero-order chi connectivity index (χ0) is 11.3. The van der Waals surface area contributed by atoms with E-state index >= 15 is 0 Å². The molecule has 82 valence electrons. The number of nitrogens with one attached hydrogen (secondary N) is 1. The van der Waals surface area contributed by atoms with Crippen LogP contribution in [0.25, 0.3) is 0 Å². The molecule has 0 atom stereocenters. The number of carbonyl (C=O) groups is 1. The Labute approximate surface area is 111 Å². The van der Waals surface area contributed by atoms with E-state index in [-0.39, 0.29) is 5.91 Å². The van der Waals surface area contributed by atoms with Gasteiger partial charge in [-0.05, 0) is 24.6 Å². The van der Waals surface area contributed by atoms with E-state index in [2.05, 4.69) is 37.2 Å². The third kappa shape index (κ3) is 4.53. The molecule has 1 N–H and O–H groups in total. The van der Waals surface area contributed by atoms with Crippen LogP contribution >= 0.6 is 43.5 Å². The van der Waals surface area contributed by atoms with Crippen molar-refractivity contribution in [3.8, 4) is 0 Å². The van der Waals surface area contributed by atoms with Gasteiger partial charge in [-0.25, -0.2) is 0 Å². The fourth-order valence-electron chi connectivity index (χ4n) is 1.06. The summed E-state index contributed by atoms with van der Waals surface area (Å²) < 4.78 is 0.806. The fraction of sp³-hybridized carbons (Fsp3) is 0.300. The van der Waals surface area contributed by atoms with Crippen LogP contribution in [0.3, 0.4) is 0 Å². The summed E-state index contributed by atoms with van der Waals surface area (Å²) in [5.41, 5.74) is 0.573. The fourth-order valence-corrected chi connectivity index (χ4v) is 2.20. The van der Waals surface area contributed by atoms with E-state index in [0.29, 0.717) is 17.1 Å². The Morgan fingerprint density at radius 3 is 2.73 bits per heavy atom. The van der Waals surface area contributed by atoms with Crippen molar-refractivity contribution >= 4 is 49.4 Å². The molecule has 2 nitrogen and oxygen atoms in total. The molecule has 0 saturated heterocycles. The van der Waals surface area contributed by atoms with Crippen LogP contribution in [0.1, 0.15) is 16.8 Å². The number of amides is 1. The molecule has 0 aliphatic carbocycles. The Morgan fingerprint density at radius 2 is 2.13 bits per heavy atom. The predicted octanol–water partition coefficient (Wildman–Crippen LogP) is 3.62. The quantitative estimate of drug-likeness (QED) is 0.649. The van der Waals surface area contributed by atoms with E-state index in [1.54, 1.807) is 18.2 Å². The van der Waals surface area contributed by atoms with Gasteiger partial charge in [-0.2, -0.15) is 0 Å². The molecule has 0 fully saturated rings. The second-order valence-corrected chi connectivity index (χ2v) is 5.10. The van der Waals surface area contributed by atoms with Crippen molar-refractivity contribution in [2.45, 2.75) is 6.42 Å². The van der Waals surface area contributed by atoms with Crippen LogP contribution < -0.4 is 5.32 Å². The topological polar surface area (TPSA) is 29.1 Å². The second-order valence-electron chi connectivity index (χ2n) is 2.96. The molecule has 1 aromatic carbocycles. The second kappa shape index (κ2) is 6.51. The lowest BCUT2D eigenvalue weighted by atomic mass is 10.2. The molecule has 1 amide bonds. The molecule has 5 heteroatoms. The first-order valence-electron chi connectivity index (χ1n) is 4.43. The van der Waals surface area contributed by atoms with E-state index in [9.17, 15) is 4.79 Å². The minimum absolute atomic E-state index is 0.0980. The van der Waals surface area contributed by atoms with Crippen molar-refractivity contribution in [1.29, 1.82) is 0 Å². The molecule has 0 aliphatic heterocycles. The Morgan fingerprint density at radius 1 is 1.40 bits per heavy atom. The Balaban J connectivity index is 2.65. The van der Waals surface area contributed by atoms with Crippen molar-refractivity contribution in [3.05, 3.63) is 33.3 Å². The molecular formula is C10H10Br2ClNO. The van der Waals surface area contributed by atoms with Gasteiger partial charge in [0.2, 0.25) is 0 Å². The molecule has 1 aromatic rings. The smallest absolute Gasteiger partial charge is 0.251 e. The van der Waals surface area contributed by atoms with Crippen molar-refractivity contribution in [2.75, 3.05) is 11.9 Å². The van der Waals surface area contributed by atoms with Crippen LogP contribution in [0.5, 0.6) is 0 Å². The minimum atomic E-state index is -0.0980. The van der Waals surface area contributed by atoms with Crippen molar-refractivity contribution in [2.24, 2.45) is 0 Å². The highest BCUT2D eigenvalue weighted by atomic mass is 79.9. The lowest BCUT2D eigenvalue weighted by molar-refractivity contribution is 0.0954. The maximum atomic E-state index is 11.6. The first-order valence-corrected chi connectivity index (χ1v) is 6.73. The maximum Gasteiger partial charge on any atom is 0.251 e. The number of carbonyl (C=O) groups excluding carboxylic acids is 1. The Kier molecular flexibility index (Phi) is 5.64. The molecule has 15 heavy (non-hydrogen) atoms. The van der Waals surface area contributed by atoms with Crippen molar-refractivity contribution < 1.29 is 4.79 Å². The van der Waals surface area contributed by atoms with Crippen LogP contribution in [0.15, 0.2) is 22.7 Å². The maximum absolute atomic E-state index is 11.6. The third-order valence-corrected chi connectivity index (χ3v) is 2.96. The van der Waals surface area contributed by atoms with Gasteiger partial charge in [0, 0.05) is 26.9 Å².